The van der Waals surface area contributed by atoms with Crippen LogP contribution in [0.25, 0.3) is 16.7 Å². The molecule has 4 rings (SSSR count). The average Bonchev–Trinajstić information content (AvgIpc) is 3.27. The van der Waals surface area contributed by atoms with Crippen molar-refractivity contribution in [1.82, 2.24) is 19.5 Å². The smallest absolute Gasteiger partial charge is 0.221 e. The van der Waals surface area contributed by atoms with Gasteiger partial charge in [-0.1, -0.05) is 17.9 Å². The molecule has 0 bridgehead atoms. The maximum Gasteiger partial charge on any atom is 0.221 e. The van der Waals surface area contributed by atoms with Crippen LogP contribution in [0.2, 0.25) is 0 Å². The Bertz CT molecular complexity index is 1200. The van der Waals surface area contributed by atoms with Gasteiger partial charge in [0.2, 0.25) is 5.95 Å². The Labute approximate surface area is 160 Å². The van der Waals surface area contributed by atoms with Crippen LogP contribution in [0.15, 0.2) is 48.9 Å². The molecule has 1 atom stereocenters. The minimum Gasteiger partial charge on any atom is -0.371 e. The van der Waals surface area contributed by atoms with E-state index in [-0.39, 0.29) is 5.95 Å². The van der Waals surface area contributed by atoms with Gasteiger partial charge in [-0.3, -0.25) is 0 Å². The van der Waals surface area contributed by atoms with E-state index < -0.39 is 5.60 Å². The fourth-order valence-corrected chi connectivity index (χ4v) is 3.47. The summed E-state index contributed by atoms with van der Waals surface area (Å²) in [6.45, 7) is 3.60. The van der Waals surface area contributed by atoms with Gasteiger partial charge in [-0.05, 0) is 38.1 Å². The zero-order valence-corrected chi connectivity index (χ0v) is 15.7. The van der Waals surface area contributed by atoms with Crippen molar-refractivity contribution >= 4 is 28.3 Å². The van der Waals surface area contributed by atoms with Gasteiger partial charge in [0, 0.05) is 40.1 Å². The lowest BCUT2D eigenvalue weighted by Crippen LogP contribution is -2.17. The highest BCUT2D eigenvalue weighted by Crippen LogP contribution is 2.25. The molecule has 1 unspecified atom stereocenters. The van der Waals surface area contributed by atoms with Crippen LogP contribution in [0.5, 0.6) is 0 Å². The lowest BCUT2D eigenvalue weighted by Gasteiger charge is -2.12. The summed E-state index contributed by atoms with van der Waals surface area (Å²) < 4.78 is 1.93. The average molecular weight is 375 g/mol. The number of benzene rings is 1. The molecule has 3 aromatic heterocycles. The number of thiazole rings is 1. The van der Waals surface area contributed by atoms with Gasteiger partial charge in [0.1, 0.15) is 10.7 Å². The van der Waals surface area contributed by atoms with Gasteiger partial charge >= 0.3 is 0 Å². The number of anilines is 1. The van der Waals surface area contributed by atoms with Crippen LogP contribution in [-0.2, 0) is 5.60 Å². The highest BCUT2D eigenvalue weighted by Gasteiger charge is 2.23. The quantitative estimate of drug-likeness (QED) is 0.526. The second-order valence-corrected chi connectivity index (χ2v) is 7.58. The Morgan fingerprint density at radius 3 is 2.85 bits per heavy atom. The molecule has 7 heteroatoms. The lowest BCUT2D eigenvalue weighted by molar-refractivity contribution is 0.122. The number of fused-ring (bicyclic) bond motifs is 1. The van der Waals surface area contributed by atoms with Crippen molar-refractivity contribution in [3.8, 4) is 17.5 Å². The molecular weight excluding hydrogens is 358 g/mol. The third kappa shape index (κ3) is 3.40. The number of nitrogens with zero attached hydrogens (tertiary/aromatic N) is 4. The number of nitrogen functional groups attached to an aromatic ring is 1. The molecule has 0 aliphatic heterocycles. The van der Waals surface area contributed by atoms with Gasteiger partial charge in [-0.25, -0.2) is 9.97 Å². The minimum absolute atomic E-state index is 0.230. The van der Waals surface area contributed by atoms with E-state index in [0.717, 1.165) is 27.2 Å². The zero-order chi connectivity index (χ0) is 19.0. The first-order valence-electron chi connectivity index (χ1n) is 8.31. The van der Waals surface area contributed by atoms with E-state index in [1.165, 1.54) is 11.3 Å². The molecule has 27 heavy (non-hydrogen) atoms. The third-order valence-electron chi connectivity index (χ3n) is 4.06. The first kappa shape index (κ1) is 17.2. The van der Waals surface area contributed by atoms with E-state index in [9.17, 15) is 5.11 Å². The van der Waals surface area contributed by atoms with E-state index in [1.807, 2.05) is 48.0 Å². The second-order valence-electron chi connectivity index (χ2n) is 6.34. The number of rotatable bonds is 2. The first-order chi connectivity index (χ1) is 12.9. The molecule has 0 amide bonds. The van der Waals surface area contributed by atoms with Crippen LogP contribution in [0.4, 0.5) is 5.95 Å². The summed E-state index contributed by atoms with van der Waals surface area (Å²) in [5.41, 5.74) is 6.85. The van der Waals surface area contributed by atoms with E-state index >= 15 is 0 Å². The molecule has 0 spiro atoms. The van der Waals surface area contributed by atoms with Crippen LogP contribution in [0, 0.1) is 18.8 Å². The Balaban J connectivity index is 1.70. The Morgan fingerprint density at radius 2 is 2.07 bits per heavy atom. The Hall–Kier alpha value is -3.21. The molecule has 3 N–H and O–H groups in total. The molecule has 0 aliphatic rings. The predicted octanol–water partition coefficient (Wildman–Crippen LogP) is 3.03. The fourth-order valence-electron chi connectivity index (χ4n) is 2.70. The summed E-state index contributed by atoms with van der Waals surface area (Å²) in [5, 5.41) is 12.1. The standard InChI is InChI=1S/C20H17N5OS/c1-13-11-22-18(27-13)20(2,26)8-6-14-4-3-5-16(10-14)25-9-7-15-12-23-19(21)24-17(15)25/h3-5,7,9-12,26H,1-2H3,(H2,21,23,24). The van der Waals surface area contributed by atoms with Crippen molar-refractivity contribution in [2.75, 3.05) is 5.73 Å². The molecular formula is C20H17N5OS. The Morgan fingerprint density at radius 1 is 1.22 bits per heavy atom. The summed E-state index contributed by atoms with van der Waals surface area (Å²) in [6.07, 6.45) is 5.35. The monoisotopic (exact) mass is 375 g/mol. The minimum atomic E-state index is -1.29. The molecule has 134 valence electrons. The number of nitrogens with two attached hydrogens (primary N) is 1. The highest BCUT2D eigenvalue weighted by molar-refractivity contribution is 7.11. The maximum atomic E-state index is 10.6. The molecule has 4 aromatic rings. The number of hydrogen-bond acceptors (Lipinski definition) is 6. The summed E-state index contributed by atoms with van der Waals surface area (Å²) in [7, 11) is 0. The van der Waals surface area contributed by atoms with Gasteiger partial charge < -0.3 is 15.4 Å². The lowest BCUT2D eigenvalue weighted by atomic mass is 10.1. The zero-order valence-electron chi connectivity index (χ0n) is 14.8. The van der Waals surface area contributed by atoms with Crippen molar-refractivity contribution in [2.45, 2.75) is 19.4 Å². The number of hydrogen-bond donors (Lipinski definition) is 2. The van der Waals surface area contributed by atoms with Crippen LogP contribution >= 0.6 is 11.3 Å². The van der Waals surface area contributed by atoms with E-state index in [1.54, 1.807) is 19.3 Å². The van der Waals surface area contributed by atoms with Gasteiger partial charge in [0.25, 0.3) is 0 Å². The summed E-state index contributed by atoms with van der Waals surface area (Å²) in [4.78, 5) is 13.6. The Kier molecular flexibility index (Phi) is 4.15. The van der Waals surface area contributed by atoms with Gasteiger partial charge in [0.15, 0.2) is 5.60 Å². The molecule has 3 heterocycles. The molecule has 0 saturated heterocycles. The van der Waals surface area contributed by atoms with E-state index in [4.69, 9.17) is 5.73 Å². The SMILES string of the molecule is Cc1cnc(C(C)(O)C#Cc2cccc(-n3ccc4cnc(N)nc43)c2)s1. The molecule has 0 saturated carbocycles. The summed E-state index contributed by atoms with van der Waals surface area (Å²) >= 11 is 1.44. The van der Waals surface area contributed by atoms with Crippen molar-refractivity contribution in [1.29, 1.82) is 0 Å². The van der Waals surface area contributed by atoms with Crippen molar-refractivity contribution in [2.24, 2.45) is 0 Å². The number of aryl methyl sites for hydroxylation is 1. The topological polar surface area (TPSA) is 89.9 Å². The first-order valence-corrected chi connectivity index (χ1v) is 9.12. The fraction of sp³-hybridized carbons (Fsp3) is 0.150. The maximum absolute atomic E-state index is 10.6. The summed E-state index contributed by atoms with van der Waals surface area (Å²) in [6, 6.07) is 9.65. The van der Waals surface area contributed by atoms with E-state index in [2.05, 4.69) is 26.8 Å². The number of aromatic nitrogens is 4. The number of aliphatic hydroxyl groups is 1. The predicted molar refractivity (Wildman–Crippen MR) is 107 cm³/mol. The van der Waals surface area contributed by atoms with Crippen LogP contribution in [-0.4, -0.2) is 24.6 Å². The van der Waals surface area contributed by atoms with Crippen molar-refractivity contribution in [3.05, 3.63) is 64.4 Å². The van der Waals surface area contributed by atoms with Crippen LogP contribution in [0.1, 0.15) is 22.4 Å². The molecule has 0 fully saturated rings. The molecule has 0 radical (unpaired) electrons. The van der Waals surface area contributed by atoms with Crippen molar-refractivity contribution in [3.63, 3.8) is 0 Å². The molecule has 6 nitrogen and oxygen atoms in total. The van der Waals surface area contributed by atoms with Gasteiger partial charge in [0.05, 0.1) is 0 Å². The largest absolute Gasteiger partial charge is 0.371 e. The highest BCUT2D eigenvalue weighted by atomic mass is 32.1. The van der Waals surface area contributed by atoms with E-state index in [0.29, 0.717) is 5.01 Å². The summed E-state index contributed by atoms with van der Waals surface area (Å²) in [5.74, 6) is 6.20. The molecule has 1 aromatic carbocycles. The van der Waals surface area contributed by atoms with Gasteiger partial charge in [-0.15, -0.1) is 11.3 Å². The van der Waals surface area contributed by atoms with Crippen molar-refractivity contribution < 1.29 is 5.11 Å². The molecule has 0 aliphatic carbocycles. The van der Waals surface area contributed by atoms with Crippen LogP contribution < -0.4 is 5.73 Å². The second kappa shape index (κ2) is 6.50. The van der Waals surface area contributed by atoms with Crippen LogP contribution in [0.3, 0.4) is 0 Å². The normalized spacial score (nSPS) is 13.1. The third-order valence-corrected chi connectivity index (χ3v) is 5.18. The van der Waals surface area contributed by atoms with Gasteiger partial charge in [-0.2, -0.15) is 4.98 Å².